The Morgan fingerprint density at radius 3 is 2.82 bits per heavy atom. The second-order valence-corrected chi connectivity index (χ2v) is 5.15. The molecule has 1 unspecified atom stereocenters. The summed E-state index contributed by atoms with van der Waals surface area (Å²) in [5, 5.41) is 8.60. The van der Waals surface area contributed by atoms with E-state index >= 15 is 0 Å². The van der Waals surface area contributed by atoms with Crippen LogP contribution in [0, 0.1) is 5.92 Å². The van der Waals surface area contributed by atoms with Crippen LogP contribution in [0.1, 0.15) is 38.3 Å². The highest BCUT2D eigenvalue weighted by molar-refractivity contribution is 5.38. The minimum absolute atomic E-state index is 0.445. The first kappa shape index (κ1) is 12.3. The van der Waals surface area contributed by atoms with E-state index in [0.717, 1.165) is 43.5 Å². The van der Waals surface area contributed by atoms with E-state index in [1.54, 1.807) is 0 Å². The number of aromatic nitrogens is 2. The fourth-order valence-corrected chi connectivity index (χ4v) is 2.32. The summed E-state index contributed by atoms with van der Waals surface area (Å²) in [4.78, 5) is 2.32. The Balaban J connectivity index is 1.99. The van der Waals surface area contributed by atoms with E-state index in [9.17, 15) is 0 Å². The van der Waals surface area contributed by atoms with Crippen molar-refractivity contribution in [2.45, 2.75) is 32.6 Å². The lowest BCUT2D eigenvalue weighted by molar-refractivity contribution is 0.546. The Labute approximate surface area is 103 Å². The molecule has 17 heavy (non-hydrogen) atoms. The first-order valence-electron chi connectivity index (χ1n) is 6.49. The van der Waals surface area contributed by atoms with Crippen LogP contribution >= 0.6 is 0 Å². The van der Waals surface area contributed by atoms with Crippen molar-refractivity contribution in [3.05, 3.63) is 17.8 Å². The van der Waals surface area contributed by atoms with Crippen LogP contribution in [0.5, 0.6) is 0 Å². The van der Waals surface area contributed by atoms with Gasteiger partial charge in [-0.2, -0.15) is 5.10 Å². The van der Waals surface area contributed by atoms with Crippen LogP contribution in [0.4, 0.5) is 5.82 Å². The molecule has 0 spiro atoms. The molecule has 0 amide bonds. The average Bonchev–Trinajstić information content (AvgIpc) is 2.78. The Hall–Kier alpha value is -1.16. The van der Waals surface area contributed by atoms with Gasteiger partial charge in [0.05, 0.1) is 5.69 Å². The number of hydrogen-bond donors (Lipinski definition) is 1. The molecule has 1 aliphatic rings. The highest BCUT2D eigenvalue weighted by Crippen LogP contribution is 2.24. The third kappa shape index (κ3) is 2.94. The Kier molecular flexibility index (Phi) is 3.94. The van der Waals surface area contributed by atoms with Gasteiger partial charge in [-0.3, -0.25) is 0 Å². The zero-order valence-electron chi connectivity index (χ0n) is 10.8. The summed E-state index contributed by atoms with van der Waals surface area (Å²) in [6, 6.07) is 4.18. The van der Waals surface area contributed by atoms with Gasteiger partial charge in [0, 0.05) is 13.1 Å². The maximum Gasteiger partial charge on any atom is 0.151 e. The van der Waals surface area contributed by atoms with Crippen LogP contribution in [0.3, 0.4) is 0 Å². The molecule has 1 aromatic heterocycles. The van der Waals surface area contributed by atoms with Gasteiger partial charge in [-0.15, -0.1) is 5.10 Å². The van der Waals surface area contributed by atoms with Gasteiger partial charge in [0.15, 0.2) is 5.82 Å². The summed E-state index contributed by atoms with van der Waals surface area (Å²) < 4.78 is 0. The molecule has 0 saturated carbocycles. The lowest BCUT2D eigenvalue weighted by atomic mass is 10.1. The molecule has 1 fully saturated rings. The summed E-state index contributed by atoms with van der Waals surface area (Å²) in [7, 11) is 0. The molecular weight excluding hydrogens is 212 g/mol. The van der Waals surface area contributed by atoms with Crippen LogP contribution in [0.25, 0.3) is 0 Å². The molecule has 4 heteroatoms. The molecule has 0 bridgehead atoms. The minimum atomic E-state index is 0.445. The third-order valence-corrected chi connectivity index (χ3v) is 3.45. The number of anilines is 1. The summed E-state index contributed by atoms with van der Waals surface area (Å²) in [5.41, 5.74) is 6.66. The predicted molar refractivity (Wildman–Crippen MR) is 70.1 cm³/mol. The summed E-state index contributed by atoms with van der Waals surface area (Å²) in [6.45, 7) is 7.22. The van der Waals surface area contributed by atoms with Gasteiger partial charge < -0.3 is 10.6 Å². The molecular formula is C13H22N4. The number of hydrogen-bond acceptors (Lipinski definition) is 4. The molecule has 0 aliphatic carbocycles. The zero-order chi connectivity index (χ0) is 12.3. The van der Waals surface area contributed by atoms with Crippen molar-refractivity contribution >= 4 is 5.82 Å². The molecule has 1 aromatic rings. The molecule has 0 aromatic carbocycles. The fraction of sp³-hybridized carbons (Fsp3) is 0.692. The van der Waals surface area contributed by atoms with Crippen LogP contribution in [0.2, 0.25) is 0 Å². The first-order chi connectivity index (χ1) is 8.20. The molecule has 94 valence electrons. The lowest BCUT2D eigenvalue weighted by Crippen LogP contribution is -2.22. The van der Waals surface area contributed by atoms with Crippen molar-refractivity contribution in [3.63, 3.8) is 0 Å². The normalized spacial score (nSPS) is 20.2. The van der Waals surface area contributed by atoms with Crippen molar-refractivity contribution < 1.29 is 0 Å². The van der Waals surface area contributed by atoms with Crippen LogP contribution in [-0.4, -0.2) is 29.8 Å². The molecule has 4 nitrogen and oxygen atoms in total. The lowest BCUT2D eigenvalue weighted by Gasteiger charge is -2.17. The van der Waals surface area contributed by atoms with Gasteiger partial charge in [-0.05, 0) is 43.4 Å². The van der Waals surface area contributed by atoms with Gasteiger partial charge in [0.1, 0.15) is 0 Å². The van der Waals surface area contributed by atoms with E-state index in [-0.39, 0.29) is 0 Å². The van der Waals surface area contributed by atoms with Gasteiger partial charge in [-0.25, -0.2) is 0 Å². The summed E-state index contributed by atoms with van der Waals surface area (Å²) in [5.74, 6) is 2.18. The fourth-order valence-electron chi connectivity index (χ4n) is 2.32. The molecule has 1 aliphatic heterocycles. The maximum absolute atomic E-state index is 5.60. The quantitative estimate of drug-likeness (QED) is 0.862. The summed E-state index contributed by atoms with van der Waals surface area (Å²) >= 11 is 0. The van der Waals surface area contributed by atoms with Gasteiger partial charge >= 0.3 is 0 Å². The van der Waals surface area contributed by atoms with E-state index in [2.05, 4.69) is 41.1 Å². The third-order valence-electron chi connectivity index (χ3n) is 3.45. The van der Waals surface area contributed by atoms with Crippen molar-refractivity contribution in [1.82, 2.24) is 10.2 Å². The van der Waals surface area contributed by atoms with Crippen LogP contribution < -0.4 is 10.6 Å². The SMILES string of the molecule is CC(C)c1ccc(N2CCC(CCN)C2)nn1. The minimum Gasteiger partial charge on any atom is -0.355 e. The molecule has 2 rings (SSSR count). The smallest absolute Gasteiger partial charge is 0.151 e. The average molecular weight is 234 g/mol. The standard InChI is InChI=1S/C13H22N4/c1-10(2)12-3-4-13(16-15-12)17-8-6-11(9-17)5-7-14/h3-4,10-11H,5-9,14H2,1-2H3. The molecule has 2 heterocycles. The maximum atomic E-state index is 5.60. The highest BCUT2D eigenvalue weighted by Gasteiger charge is 2.22. The second-order valence-electron chi connectivity index (χ2n) is 5.15. The number of nitrogens with zero attached hydrogens (tertiary/aromatic N) is 3. The van der Waals surface area contributed by atoms with E-state index in [4.69, 9.17) is 5.73 Å². The highest BCUT2D eigenvalue weighted by atomic mass is 15.3. The van der Waals surface area contributed by atoms with E-state index in [0.29, 0.717) is 5.92 Å². The van der Waals surface area contributed by atoms with E-state index in [1.165, 1.54) is 6.42 Å². The van der Waals surface area contributed by atoms with Crippen LogP contribution in [0.15, 0.2) is 12.1 Å². The molecule has 0 radical (unpaired) electrons. The molecule has 2 N–H and O–H groups in total. The summed E-state index contributed by atoms with van der Waals surface area (Å²) in [6.07, 6.45) is 2.35. The van der Waals surface area contributed by atoms with Gasteiger partial charge in [0.2, 0.25) is 0 Å². The van der Waals surface area contributed by atoms with Crippen molar-refractivity contribution in [2.75, 3.05) is 24.5 Å². The zero-order valence-corrected chi connectivity index (χ0v) is 10.8. The van der Waals surface area contributed by atoms with E-state index < -0.39 is 0 Å². The number of nitrogens with two attached hydrogens (primary N) is 1. The molecule has 1 saturated heterocycles. The van der Waals surface area contributed by atoms with Crippen molar-refractivity contribution in [1.29, 1.82) is 0 Å². The Bertz CT molecular complexity index is 347. The number of rotatable bonds is 4. The monoisotopic (exact) mass is 234 g/mol. The van der Waals surface area contributed by atoms with E-state index in [1.807, 2.05) is 0 Å². The Morgan fingerprint density at radius 1 is 1.41 bits per heavy atom. The Morgan fingerprint density at radius 2 is 2.24 bits per heavy atom. The first-order valence-corrected chi connectivity index (χ1v) is 6.49. The predicted octanol–water partition coefficient (Wildman–Crippen LogP) is 1.78. The largest absolute Gasteiger partial charge is 0.355 e. The second kappa shape index (κ2) is 5.45. The van der Waals surface area contributed by atoms with Crippen molar-refractivity contribution in [2.24, 2.45) is 11.7 Å². The molecule has 1 atom stereocenters. The van der Waals surface area contributed by atoms with Gasteiger partial charge in [0.25, 0.3) is 0 Å². The van der Waals surface area contributed by atoms with Crippen LogP contribution in [-0.2, 0) is 0 Å². The van der Waals surface area contributed by atoms with Crippen molar-refractivity contribution in [3.8, 4) is 0 Å². The topological polar surface area (TPSA) is 55.0 Å². The van der Waals surface area contributed by atoms with Gasteiger partial charge in [-0.1, -0.05) is 13.8 Å².